The smallest absolute Gasteiger partial charge is 0.411 e. The molecule has 3 aromatic rings. The number of likely N-dealkylation sites (tertiary alicyclic amines) is 2. The number of rotatable bonds is 29. The monoisotopic (exact) mass is 1160 g/mol. The minimum atomic E-state index is -2.08. The molecule has 0 bridgehead atoms. The van der Waals surface area contributed by atoms with Gasteiger partial charge in [-0.25, -0.2) is 4.79 Å². The van der Waals surface area contributed by atoms with Crippen molar-refractivity contribution in [1.29, 1.82) is 0 Å². The van der Waals surface area contributed by atoms with E-state index in [2.05, 4.69) is 68.3 Å². The Bertz CT molecular complexity index is 2750. The van der Waals surface area contributed by atoms with Gasteiger partial charge in [0.05, 0.1) is 89.4 Å². The lowest BCUT2D eigenvalue weighted by molar-refractivity contribution is -0.132. The molecule has 2 saturated heterocycles. The summed E-state index contributed by atoms with van der Waals surface area (Å²) in [6.45, 7) is 25.8. The molecule has 2 heterocycles. The van der Waals surface area contributed by atoms with Crippen LogP contribution in [0.15, 0.2) is 72.8 Å². The SMILES string of the molecule is C=C1C[C@@H](CO[Si](C)(C)C(C)(C)C)N(C(=O)c2cc(OC)c(OCCCOc3cc(NC(=O)OCc4ccc(NC(=O)C(C)NC(=O)[C@@H](NC(=O)CCOCCOC)C(C)C)cc4)c(C(=O)N4CC(=C)C[C@H]4CO)cc3OC)cc2N)C1. The summed E-state index contributed by atoms with van der Waals surface area (Å²) in [5.74, 6) is -1.40. The van der Waals surface area contributed by atoms with Gasteiger partial charge < -0.3 is 74.2 Å². The first-order chi connectivity index (χ1) is 38.8. The fraction of sp³-hybridized carbons (Fsp3) is 0.525. The van der Waals surface area contributed by atoms with Crippen LogP contribution in [0.25, 0.3) is 0 Å². The van der Waals surface area contributed by atoms with Crippen molar-refractivity contribution >= 4 is 61.0 Å². The van der Waals surface area contributed by atoms with Crippen LogP contribution < -0.4 is 45.9 Å². The van der Waals surface area contributed by atoms with Crippen LogP contribution in [0.1, 0.15) is 93.5 Å². The summed E-state index contributed by atoms with van der Waals surface area (Å²) in [6.07, 6.45) is 0.525. The molecule has 22 nitrogen and oxygen atoms in total. The maximum atomic E-state index is 14.2. The minimum Gasteiger partial charge on any atom is -0.493 e. The van der Waals surface area contributed by atoms with Crippen LogP contribution in [0.5, 0.6) is 23.0 Å². The second-order valence-electron chi connectivity index (χ2n) is 22.3. The Morgan fingerprint density at radius 1 is 0.744 bits per heavy atom. The van der Waals surface area contributed by atoms with Gasteiger partial charge in [-0.1, -0.05) is 71.1 Å². The number of benzene rings is 3. The molecular formula is C59H85N7O15Si. The molecule has 1 unspecified atom stereocenters. The van der Waals surface area contributed by atoms with Gasteiger partial charge in [0.2, 0.25) is 17.7 Å². The maximum Gasteiger partial charge on any atom is 0.411 e. The third kappa shape index (κ3) is 18.2. The molecule has 2 fully saturated rings. The number of methoxy groups -OCH3 is 3. The Hall–Kier alpha value is -7.18. The number of ether oxygens (including phenoxy) is 7. The highest BCUT2D eigenvalue weighted by molar-refractivity contribution is 6.74. The fourth-order valence-corrected chi connectivity index (χ4v) is 9.77. The predicted molar refractivity (Wildman–Crippen MR) is 314 cm³/mol. The van der Waals surface area contributed by atoms with Gasteiger partial charge in [0, 0.05) is 56.5 Å². The number of nitrogen functional groups attached to an aromatic ring is 1. The summed E-state index contributed by atoms with van der Waals surface area (Å²) in [5, 5.41) is 21.0. The first-order valence-electron chi connectivity index (χ1n) is 27.5. The quantitative estimate of drug-likeness (QED) is 0.0175. The molecule has 0 radical (unpaired) electrons. The van der Waals surface area contributed by atoms with Gasteiger partial charge in [-0.3, -0.25) is 29.3 Å². The van der Waals surface area contributed by atoms with Crippen molar-refractivity contribution in [2.24, 2.45) is 5.92 Å². The fourth-order valence-electron chi connectivity index (χ4n) is 8.73. The van der Waals surface area contributed by atoms with E-state index in [0.29, 0.717) is 68.4 Å². The zero-order chi connectivity index (χ0) is 60.5. The average molecular weight is 1160 g/mol. The molecular weight excluding hydrogens is 1070 g/mol. The number of anilines is 3. The average Bonchev–Trinajstić information content (AvgIpc) is 4.19. The number of aliphatic hydroxyl groups is 1. The molecule has 23 heteroatoms. The van der Waals surface area contributed by atoms with Crippen LogP contribution in [0.2, 0.25) is 18.1 Å². The number of carbonyl (C=O) groups is 6. The van der Waals surface area contributed by atoms with Crippen molar-refractivity contribution in [3.8, 4) is 23.0 Å². The molecule has 450 valence electrons. The van der Waals surface area contributed by atoms with Crippen LogP contribution in [-0.2, 0) is 39.6 Å². The topological polar surface area (TPSA) is 277 Å². The predicted octanol–water partition coefficient (Wildman–Crippen LogP) is 7.08. The number of nitrogens with zero attached hydrogens (tertiary/aromatic N) is 2. The first kappa shape index (κ1) is 65.6. The zero-order valence-electron chi connectivity index (χ0n) is 49.5. The van der Waals surface area contributed by atoms with E-state index in [0.717, 1.165) is 11.1 Å². The van der Waals surface area contributed by atoms with Gasteiger partial charge in [-0.15, -0.1) is 0 Å². The molecule has 3 aromatic carbocycles. The molecule has 2 aliphatic rings. The highest BCUT2D eigenvalue weighted by Gasteiger charge is 2.40. The van der Waals surface area contributed by atoms with Gasteiger partial charge in [-0.05, 0) is 73.6 Å². The lowest BCUT2D eigenvalue weighted by Gasteiger charge is -2.38. The summed E-state index contributed by atoms with van der Waals surface area (Å²) in [4.78, 5) is 83.7. The maximum absolute atomic E-state index is 14.2. The van der Waals surface area contributed by atoms with E-state index in [1.807, 2.05) is 0 Å². The van der Waals surface area contributed by atoms with Gasteiger partial charge in [0.25, 0.3) is 11.8 Å². The molecule has 5 rings (SSSR count). The first-order valence-corrected chi connectivity index (χ1v) is 30.4. The second-order valence-corrected chi connectivity index (χ2v) is 27.1. The van der Waals surface area contributed by atoms with E-state index >= 15 is 0 Å². The minimum absolute atomic E-state index is 0.00909. The molecule has 0 saturated carbocycles. The van der Waals surface area contributed by atoms with Crippen molar-refractivity contribution in [2.45, 2.75) is 116 Å². The Morgan fingerprint density at radius 2 is 1.33 bits per heavy atom. The summed E-state index contributed by atoms with van der Waals surface area (Å²) in [7, 11) is 2.36. The lowest BCUT2D eigenvalue weighted by atomic mass is 10.0. The highest BCUT2D eigenvalue weighted by Crippen LogP contribution is 2.40. The summed E-state index contributed by atoms with van der Waals surface area (Å²) in [6, 6.07) is 9.96. The van der Waals surface area contributed by atoms with E-state index in [4.69, 9.17) is 43.3 Å². The van der Waals surface area contributed by atoms with E-state index in [9.17, 15) is 33.9 Å². The van der Waals surface area contributed by atoms with Crippen molar-refractivity contribution in [3.05, 3.63) is 89.5 Å². The normalized spacial score (nSPS) is 16.1. The van der Waals surface area contributed by atoms with Gasteiger partial charge in [0.15, 0.2) is 31.3 Å². The van der Waals surface area contributed by atoms with Crippen molar-refractivity contribution < 1.29 is 71.5 Å². The number of nitrogens with one attached hydrogen (secondary N) is 4. The summed E-state index contributed by atoms with van der Waals surface area (Å²) >= 11 is 0. The van der Waals surface area contributed by atoms with Gasteiger partial charge in [0.1, 0.15) is 18.7 Å². The number of carbonyl (C=O) groups excluding carboxylic acids is 6. The van der Waals surface area contributed by atoms with Crippen LogP contribution in [0.3, 0.4) is 0 Å². The van der Waals surface area contributed by atoms with Crippen LogP contribution >= 0.6 is 0 Å². The number of hydrogen-bond acceptors (Lipinski definition) is 16. The molecule has 82 heavy (non-hydrogen) atoms. The van der Waals surface area contributed by atoms with Gasteiger partial charge in [-0.2, -0.15) is 0 Å². The van der Waals surface area contributed by atoms with Crippen LogP contribution in [-0.4, -0.2) is 164 Å². The van der Waals surface area contributed by atoms with Crippen molar-refractivity contribution in [2.75, 3.05) is 97.0 Å². The Labute approximate surface area is 482 Å². The molecule has 4 atom stereocenters. The number of hydrogen-bond donors (Lipinski definition) is 6. The largest absolute Gasteiger partial charge is 0.493 e. The Kier molecular flexibility index (Phi) is 24.2. The molecule has 0 aliphatic carbocycles. The van der Waals surface area contributed by atoms with E-state index in [1.165, 1.54) is 38.2 Å². The molecule has 2 aliphatic heterocycles. The lowest BCUT2D eigenvalue weighted by Crippen LogP contribution is -2.53. The van der Waals surface area contributed by atoms with Crippen LogP contribution in [0, 0.1) is 5.92 Å². The third-order valence-electron chi connectivity index (χ3n) is 14.5. The zero-order valence-corrected chi connectivity index (χ0v) is 50.5. The molecule has 0 aromatic heterocycles. The molecule has 6 amide bonds. The highest BCUT2D eigenvalue weighted by atomic mass is 28.4. The van der Waals surface area contributed by atoms with E-state index < -0.39 is 50.3 Å². The number of nitrogens with two attached hydrogens (primary N) is 1. The number of amides is 6. The van der Waals surface area contributed by atoms with Crippen LogP contribution in [0.4, 0.5) is 21.9 Å². The molecule has 7 N–H and O–H groups in total. The van der Waals surface area contributed by atoms with E-state index in [-0.39, 0.29) is 109 Å². The Balaban J connectivity index is 1.20. The van der Waals surface area contributed by atoms with Gasteiger partial charge >= 0.3 is 6.09 Å². The second kappa shape index (κ2) is 30.2. The standard InChI is InChI=1S/C59H85N7O15Si/c1-36(2)53(64-52(68)19-22-77-24-23-74-9)55(70)61-39(5)54(69)62-41-17-15-40(16-18-41)34-80-58(73)63-47-30-51(49(76-11)28-45(47)57(72)65-31-37(3)25-42(65)33-67)79-21-14-20-78-50-29-46(60)44(27-48(50)75-10)56(71)66-32-38(4)26-43(66)35-81-82(12,13)59(6,7)8/h15-18,27-30,36,39,42-43,53,67H,3-4,14,19-26,31-35,60H2,1-2,5-13H3,(H,61,70)(H,62,69)(H,63,73)(H,64,68)/t39?,42-,43-,53-/m0/s1. The van der Waals surface area contributed by atoms with Crippen molar-refractivity contribution in [1.82, 2.24) is 20.4 Å². The number of aliphatic hydroxyl groups excluding tert-OH is 1. The Morgan fingerprint density at radius 3 is 1.91 bits per heavy atom. The third-order valence-corrected chi connectivity index (χ3v) is 19.0. The summed E-state index contributed by atoms with van der Waals surface area (Å²) in [5.41, 5.74) is 9.75. The van der Waals surface area contributed by atoms with Crippen molar-refractivity contribution in [3.63, 3.8) is 0 Å². The molecule has 0 spiro atoms. The summed E-state index contributed by atoms with van der Waals surface area (Å²) < 4.78 is 46.0. The van der Waals surface area contributed by atoms with E-state index in [1.54, 1.807) is 62.3 Å².